The first-order valence-electron chi connectivity index (χ1n) is 9.63. The second-order valence-corrected chi connectivity index (χ2v) is 7.00. The highest BCUT2D eigenvalue weighted by molar-refractivity contribution is 5.77. The average molecular weight is 466 g/mol. The van der Waals surface area contributed by atoms with Crippen LogP contribution in [0.4, 0.5) is 19.0 Å². The van der Waals surface area contributed by atoms with Gasteiger partial charge in [-0.05, 0) is 6.92 Å². The van der Waals surface area contributed by atoms with Crippen LogP contribution >= 0.6 is 0 Å². The zero-order chi connectivity index (χ0) is 23.7. The van der Waals surface area contributed by atoms with E-state index in [1.165, 1.54) is 6.92 Å². The van der Waals surface area contributed by atoms with Gasteiger partial charge in [-0.1, -0.05) is 0 Å². The predicted octanol–water partition coefficient (Wildman–Crippen LogP) is -0.865. The molecule has 11 nitrogen and oxygen atoms in total. The van der Waals surface area contributed by atoms with Gasteiger partial charge in [0, 0.05) is 6.54 Å². The van der Waals surface area contributed by atoms with Gasteiger partial charge in [0.25, 0.3) is 0 Å². The molecule has 1 aromatic heterocycles. The number of aliphatic hydroxyl groups excluding tert-OH is 2. The number of halogens is 3. The molecule has 0 aromatic carbocycles. The molecule has 2 rings (SSSR count). The number of aromatic nitrogens is 2. The number of aliphatic hydroxyl groups is 2. The van der Waals surface area contributed by atoms with Gasteiger partial charge < -0.3 is 35.1 Å². The van der Waals surface area contributed by atoms with Gasteiger partial charge in [0.2, 0.25) is 5.91 Å². The first kappa shape index (κ1) is 25.9. The Bertz CT molecular complexity index is 768. The van der Waals surface area contributed by atoms with Gasteiger partial charge in [-0.3, -0.25) is 14.6 Å². The highest BCUT2D eigenvalue weighted by Crippen LogP contribution is 2.28. The lowest BCUT2D eigenvalue weighted by molar-refractivity contribution is -0.144. The Morgan fingerprint density at radius 1 is 1.19 bits per heavy atom. The molecule has 4 atom stereocenters. The summed E-state index contributed by atoms with van der Waals surface area (Å²) in [6.45, 7) is 1.02. The molecule has 32 heavy (non-hydrogen) atoms. The quantitative estimate of drug-likeness (QED) is 0.303. The summed E-state index contributed by atoms with van der Waals surface area (Å²) in [5, 5.41) is 25.6. The maximum Gasteiger partial charge on any atom is 0.434 e. The lowest BCUT2D eigenvalue weighted by Crippen LogP contribution is -2.58. The molecule has 0 aliphatic carbocycles. The van der Waals surface area contributed by atoms with E-state index in [1.807, 2.05) is 0 Å². The number of nitrogens with one attached hydrogen (secondary N) is 2. The minimum Gasteiger partial charge on any atom is -0.388 e. The molecule has 180 valence electrons. The fourth-order valence-corrected chi connectivity index (χ4v) is 2.72. The van der Waals surface area contributed by atoms with Crippen LogP contribution in [0.5, 0.6) is 0 Å². The third-order valence-corrected chi connectivity index (χ3v) is 4.30. The number of carbonyl (C=O) groups excluding carboxylic acids is 2. The highest BCUT2D eigenvalue weighted by atomic mass is 19.4. The molecular weight excluding hydrogens is 441 g/mol. The van der Waals surface area contributed by atoms with Crippen LogP contribution in [0.3, 0.4) is 0 Å². The van der Waals surface area contributed by atoms with Crippen LogP contribution in [0, 0.1) is 0 Å². The molecular formula is C18H25F3N4O7. The Morgan fingerprint density at radius 3 is 2.53 bits per heavy atom. The van der Waals surface area contributed by atoms with Gasteiger partial charge in [0.15, 0.2) is 11.5 Å². The Morgan fingerprint density at radius 2 is 1.88 bits per heavy atom. The molecule has 0 bridgehead atoms. The molecule has 1 aliphatic rings. The van der Waals surface area contributed by atoms with Crippen molar-refractivity contribution in [2.75, 3.05) is 44.9 Å². The molecule has 1 aromatic rings. The predicted molar refractivity (Wildman–Crippen MR) is 102 cm³/mol. The van der Waals surface area contributed by atoms with Crippen molar-refractivity contribution in [2.45, 2.75) is 37.5 Å². The summed E-state index contributed by atoms with van der Waals surface area (Å²) in [6, 6.07) is -0.951. The molecule has 0 unspecified atom stereocenters. The third kappa shape index (κ3) is 8.27. The molecule has 0 radical (unpaired) electrons. The standard InChI is InChI=1S/C18H25F3N4O7/c1-10(26)7-30-2-3-31-9-15(27)23-4-12-17(29)16(28)11(8-32-12)24-14-6-22-5-13(25-14)18(19,20)21/h5-6,11-12,16-17,28-29H,2-4,7-9H2,1H3,(H,23,27)(H,24,25)/t11-,12+,16+,17-/m0/s1. The second-order valence-electron chi connectivity index (χ2n) is 7.00. The minimum absolute atomic E-state index is 0.0367. The number of carbonyl (C=O) groups is 2. The molecule has 14 heteroatoms. The Labute approximate surface area is 181 Å². The van der Waals surface area contributed by atoms with Crippen molar-refractivity contribution in [3.8, 4) is 0 Å². The number of alkyl halides is 3. The van der Waals surface area contributed by atoms with Crippen LogP contribution in [0.15, 0.2) is 12.4 Å². The van der Waals surface area contributed by atoms with Crippen LogP contribution in [0.25, 0.3) is 0 Å². The summed E-state index contributed by atoms with van der Waals surface area (Å²) in [5.74, 6) is -0.867. The first-order chi connectivity index (χ1) is 15.1. The molecule has 1 amide bonds. The van der Waals surface area contributed by atoms with Crippen molar-refractivity contribution in [1.29, 1.82) is 0 Å². The van der Waals surface area contributed by atoms with Gasteiger partial charge in [-0.25, -0.2) is 4.98 Å². The van der Waals surface area contributed by atoms with E-state index in [1.54, 1.807) is 0 Å². The number of hydrogen-bond donors (Lipinski definition) is 4. The number of nitrogens with zero attached hydrogens (tertiary/aromatic N) is 2. The number of Topliss-reactive ketones (excluding diaryl/α,β-unsaturated/α-hetero) is 1. The van der Waals surface area contributed by atoms with Crippen LogP contribution < -0.4 is 10.6 Å². The number of amides is 1. The molecule has 2 heterocycles. The summed E-state index contributed by atoms with van der Waals surface area (Å²) in [5.41, 5.74) is -1.21. The monoisotopic (exact) mass is 466 g/mol. The van der Waals surface area contributed by atoms with Gasteiger partial charge in [0.05, 0.1) is 38.3 Å². The molecule has 0 spiro atoms. The number of ketones is 1. The Hall–Kier alpha value is -2.39. The van der Waals surface area contributed by atoms with E-state index < -0.39 is 42.1 Å². The summed E-state index contributed by atoms with van der Waals surface area (Å²) in [6.07, 6.45) is -6.85. The highest BCUT2D eigenvalue weighted by Gasteiger charge is 2.39. The maximum absolute atomic E-state index is 12.7. The second kappa shape index (κ2) is 12.0. The zero-order valence-electron chi connectivity index (χ0n) is 17.2. The van der Waals surface area contributed by atoms with Crippen molar-refractivity contribution in [1.82, 2.24) is 15.3 Å². The van der Waals surface area contributed by atoms with E-state index in [0.29, 0.717) is 6.20 Å². The average Bonchev–Trinajstić information content (AvgIpc) is 2.73. The first-order valence-corrected chi connectivity index (χ1v) is 9.63. The lowest BCUT2D eigenvalue weighted by Gasteiger charge is -2.38. The van der Waals surface area contributed by atoms with E-state index in [-0.39, 0.29) is 51.2 Å². The summed E-state index contributed by atoms with van der Waals surface area (Å²) in [7, 11) is 0. The van der Waals surface area contributed by atoms with Crippen molar-refractivity contribution in [2.24, 2.45) is 0 Å². The van der Waals surface area contributed by atoms with Crippen LogP contribution in [-0.2, 0) is 30.0 Å². The SMILES string of the molecule is CC(=O)COCCOCC(=O)NC[C@H]1OC[C@H](Nc2cncc(C(F)(F)F)n2)[C@@H](O)[C@H]1O. The van der Waals surface area contributed by atoms with Crippen LogP contribution in [-0.4, -0.2) is 95.8 Å². The fourth-order valence-electron chi connectivity index (χ4n) is 2.72. The van der Waals surface area contributed by atoms with Crippen molar-refractivity contribution >= 4 is 17.5 Å². The van der Waals surface area contributed by atoms with Gasteiger partial charge >= 0.3 is 6.18 Å². The Kier molecular flexibility index (Phi) is 9.71. The fraction of sp³-hybridized carbons (Fsp3) is 0.667. The molecule has 4 N–H and O–H groups in total. The maximum atomic E-state index is 12.7. The molecule has 1 saturated heterocycles. The van der Waals surface area contributed by atoms with E-state index in [2.05, 4.69) is 20.6 Å². The normalized spacial score (nSPS) is 23.6. The molecule has 1 fully saturated rings. The number of hydrogen-bond acceptors (Lipinski definition) is 10. The zero-order valence-corrected chi connectivity index (χ0v) is 17.2. The van der Waals surface area contributed by atoms with E-state index >= 15 is 0 Å². The van der Waals surface area contributed by atoms with E-state index in [9.17, 15) is 33.0 Å². The van der Waals surface area contributed by atoms with Gasteiger partial charge in [-0.2, -0.15) is 13.2 Å². The van der Waals surface area contributed by atoms with Crippen LogP contribution in [0.1, 0.15) is 12.6 Å². The number of rotatable bonds is 11. The van der Waals surface area contributed by atoms with Crippen molar-refractivity contribution in [3.05, 3.63) is 18.1 Å². The van der Waals surface area contributed by atoms with Gasteiger partial charge in [0.1, 0.15) is 37.3 Å². The molecule has 1 aliphatic heterocycles. The van der Waals surface area contributed by atoms with E-state index in [0.717, 1.165) is 6.20 Å². The van der Waals surface area contributed by atoms with Crippen LogP contribution in [0.2, 0.25) is 0 Å². The lowest BCUT2D eigenvalue weighted by atomic mass is 9.98. The largest absolute Gasteiger partial charge is 0.434 e. The smallest absolute Gasteiger partial charge is 0.388 e. The number of ether oxygens (including phenoxy) is 3. The number of anilines is 1. The molecule has 0 saturated carbocycles. The van der Waals surface area contributed by atoms with Gasteiger partial charge in [-0.15, -0.1) is 0 Å². The van der Waals surface area contributed by atoms with E-state index in [4.69, 9.17) is 14.2 Å². The third-order valence-electron chi connectivity index (χ3n) is 4.30. The summed E-state index contributed by atoms with van der Waals surface area (Å²) in [4.78, 5) is 29.3. The minimum atomic E-state index is -4.68. The van der Waals surface area contributed by atoms with Crippen molar-refractivity contribution < 1.29 is 47.2 Å². The topological polar surface area (TPSA) is 152 Å². The summed E-state index contributed by atoms with van der Waals surface area (Å²) < 4.78 is 53.7. The Balaban J connectivity index is 1.74. The summed E-state index contributed by atoms with van der Waals surface area (Å²) >= 11 is 0. The van der Waals surface area contributed by atoms with Crippen molar-refractivity contribution in [3.63, 3.8) is 0 Å².